The lowest BCUT2D eigenvalue weighted by Gasteiger charge is -2.35. The summed E-state index contributed by atoms with van der Waals surface area (Å²) in [5.74, 6) is 0.779. The Kier molecular flexibility index (Phi) is 4.86. The van der Waals surface area contributed by atoms with Gasteiger partial charge in [-0.1, -0.05) is 42.0 Å². The summed E-state index contributed by atoms with van der Waals surface area (Å²) in [6, 6.07) is 14.6. The molecule has 2 aromatic carbocycles. The zero-order chi connectivity index (χ0) is 21.6. The van der Waals surface area contributed by atoms with Crippen molar-refractivity contribution >= 4 is 32.2 Å². The molecule has 0 bridgehead atoms. The molecule has 1 fully saturated rings. The van der Waals surface area contributed by atoms with Gasteiger partial charge in [0.2, 0.25) is 14.9 Å². The number of hydrogen-bond donors (Lipinski definition) is 0. The fourth-order valence-corrected chi connectivity index (χ4v) is 5.28. The van der Waals surface area contributed by atoms with E-state index in [0.29, 0.717) is 0 Å². The number of nitrogens with zero attached hydrogens (tertiary/aromatic N) is 6. The molecule has 160 valence electrons. The van der Waals surface area contributed by atoms with Crippen molar-refractivity contribution in [1.29, 1.82) is 0 Å². The second-order valence-corrected chi connectivity index (χ2v) is 9.69. The molecule has 0 amide bonds. The second-order valence-electron chi connectivity index (χ2n) is 7.82. The van der Waals surface area contributed by atoms with Crippen LogP contribution in [0.15, 0.2) is 58.5 Å². The van der Waals surface area contributed by atoms with Crippen molar-refractivity contribution in [3.8, 4) is 0 Å². The number of benzene rings is 2. The van der Waals surface area contributed by atoms with E-state index in [4.69, 9.17) is 4.98 Å². The number of hydrogen-bond acceptors (Lipinski definition) is 7. The van der Waals surface area contributed by atoms with Crippen molar-refractivity contribution in [3.63, 3.8) is 0 Å². The van der Waals surface area contributed by atoms with E-state index in [9.17, 15) is 8.42 Å². The van der Waals surface area contributed by atoms with Crippen LogP contribution in [0.25, 0.3) is 16.6 Å². The first-order valence-electron chi connectivity index (χ1n) is 10.4. The topological polar surface area (TPSA) is 83.7 Å². The van der Waals surface area contributed by atoms with Crippen LogP contribution >= 0.6 is 0 Å². The molecule has 0 spiro atoms. The molecule has 0 radical (unpaired) electrons. The molecule has 3 heterocycles. The highest BCUT2D eigenvalue weighted by Gasteiger charge is 2.28. The van der Waals surface area contributed by atoms with Crippen LogP contribution in [0, 0.1) is 6.92 Å². The zero-order valence-corrected chi connectivity index (χ0v) is 18.4. The molecule has 9 heteroatoms. The second kappa shape index (κ2) is 7.58. The van der Waals surface area contributed by atoms with Crippen molar-refractivity contribution in [2.24, 2.45) is 0 Å². The van der Waals surface area contributed by atoms with Crippen molar-refractivity contribution < 1.29 is 8.42 Å². The Bertz CT molecular complexity index is 1360. The Morgan fingerprint density at radius 2 is 1.68 bits per heavy atom. The number of fused-ring (bicyclic) bond motifs is 3. The molecule has 0 N–H and O–H groups in total. The van der Waals surface area contributed by atoms with Crippen LogP contribution in [-0.2, 0) is 9.84 Å². The first kappa shape index (κ1) is 19.9. The van der Waals surface area contributed by atoms with E-state index < -0.39 is 9.84 Å². The monoisotopic (exact) mass is 436 g/mol. The van der Waals surface area contributed by atoms with Crippen molar-refractivity contribution in [3.05, 3.63) is 54.1 Å². The molecule has 4 aromatic rings. The number of anilines is 1. The maximum Gasteiger partial charge on any atom is 0.229 e. The van der Waals surface area contributed by atoms with Gasteiger partial charge in [0.1, 0.15) is 5.82 Å². The fraction of sp³-hybridized carbons (Fsp3) is 0.318. The summed E-state index contributed by atoms with van der Waals surface area (Å²) in [7, 11) is -3.85. The van der Waals surface area contributed by atoms with Gasteiger partial charge in [-0.3, -0.25) is 0 Å². The average Bonchev–Trinajstić information content (AvgIpc) is 3.24. The minimum atomic E-state index is -3.85. The maximum absolute atomic E-state index is 13.3. The quantitative estimate of drug-likeness (QED) is 0.486. The molecular formula is C22H24N6O2S. The summed E-state index contributed by atoms with van der Waals surface area (Å²) >= 11 is 0. The molecule has 0 atom stereocenters. The molecule has 2 aromatic heterocycles. The maximum atomic E-state index is 13.3. The summed E-state index contributed by atoms with van der Waals surface area (Å²) < 4.78 is 28.2. The van der Waals surface area contributed by atoms with Crippen molar-refractivity contribution in [1.82, 2.24) is 24.7 Å². The average molecular weight is 437 g/mol. The Morgan fingerprint density at radius 1 is 0.968 bits per heavy atom. The normalized spacial score (nSPS) is 15.7. The van der Waals surface area contributed by atoms with Gasteiger partial charge in [-0.25, -0.2) is 13.4 Å². The number of aryl methyl sites for hydroxylation is 1. The van der Waals surface area contributed by atoms with E-state index >= 15 is 0 Å². The largest absolute Gasteiger partial charge is 0.353 e. The van der Waals surface area contributed by atoms with Gasteiger partial charge in [0, 0.05) is 31.6 Å². The van der Waals surface area contributed by atoms with Gasteiger partial charge in [0.15, 0.2) is 5.65 Å². The summed E-state index contributed by atoms with van der Waals surface area (Å²) in [5, 5.41) is 9.05. The minimum Gasteiger partial charge on any atom is -0.353 e. The molecule has 8 nitrogen and oxygen atoms in total. The summed E-state index contributed by atoms with van der Waals surface area (Å²) in [6.45, 7) is 8.67. The van der Waals surface area contributed by atoms with Crippen LogP contribution in [0.4, 0.5) is 5.82 Å². The predicted octanol–water partition coefficient (Wildman–Crippen LogP) is 2.56. The minimum absolute atomic E-state index is 0.115. The highest BCUT2D eigenvalue weighted by molar-refractivity contribution is 7.91. The van der Waals surface area contributed by atoms with Crippen LogP contribution in [0.3, 0.4) is 0 Å². The van der Waals surface area contributed by atoms with Crippen LogP contribution in [-0.4, -0.2) is 65.9 Å². The molecule has 5 rings (SSSR count). The molecule has 1 aliphatic heterocycles. The molecule has 0 aliphatic carbocycles. The standard InChI is InChI=1S/C22H24N6O2S/c1-3-26-12-14-27(15-13-26)20-18-6-4-5-7-19(18)28-21(23-20)22(24-25-28)31(29,30)17-10-8-16(2)9-11-17/h4-11H,3,12-15H2,1-2H3. The van der Waals surface area contributed by atoms with Crippen molar-refractivity contribution in [2.45, 2.75) is 23.8 Å². The highest BCUT2D eigenvalue weighted by atomic mass is 32.2. The number of sulfone groups is 1. The van der Waals surface area contributed by atoms with Crippen LogP contribution in [0.1, 0.15) is 12.5 Å². The molecule has 0 unspecified atom stereocenters. The van der Waals surface area contributed by atoms with Gasteiger partial charge in [0.05, 0.1) is 10.4 Å². The van der Waals surface area contributed by atoms with E-state index in [1.54, 1.807) is 24.3 Å². The first-order valence-corrected chi connectivity index (χ1v) is 11.9. The third-order valence-electron chi connectivity index (χ3n) is 5.91. The Hall–Kier alpha value is -3.04. The lowest BCUT2D eigenvalue weighted by atomic mass is 10.2. The van der Waals surface area contributed by atoms with E-state index in [1.165, 1.54) is 4.52 Å². The van der Waals surface area contributed by atoms with Crippen LogP contribution < -0.4 is 4.90 Å². The van der Waals surface area contributed by atoms with Gasteiger partial charge < -0.3 is 9.80 Å². The molecular weight excluding hydrogens is 412 g/mol. The van der Waals surface area contributed by atoms with Gasteiger partial charge >= 0.3 is 0 Å². The number of aromatic nitrogens is 4. The fourth-order valence-electron chi connectivity index (χ4n) is 4.05. The van der Waals surface area contributed by atoms with E-state index in [0.717, 1.165) is 55.0 Å². The smallest absolute Gasteiger partial charge is 0.229 e. The number of likely N-dealkylation sites (N-methyl/N-ethyl adjacent to an activating group) is 1. The lowest BCUT2D eigenvalue weighted by molar-refractivity contribution is 0.271. The lowest BCUT2D eigenvalue weighted by Crippen LogP contribution is -2.46. The van der Waals surface area contributed by atoms with Gasteiger partial charge in [-0.2, -0.15) is 4.52 Å². The molecule has 31 heavy (non-hydrogen) atoms. The summed E-state index contributed by atoms with van der Waals surface area (Å²) in [5.41, 5.74) is 2.04. The molecule has 1 aliphatic rings. The molecule has 1 saturated heterocycles. The van der Waals surface area contributed by atoms with Crippen LogP contribution in [0.2, 0.25) is 0 Å². The number of para-hydroxylation sites is 1. The van der Waals surface area contributed by atoms with Gasteiger partial charge in [-0.15, -0.1) is 5.10 Å². The number of rotatable bonds is 4. The Morgan fingerprint density at radius 3 is 2.39 bits per heavy atom. The Labute approximate surface area is 181 Å². The SMILES string of the molecule is CCN1CCN(c2nc3c(S(=O)(=O)c4ccc(C)cc4)nnn3c3ccccc23)CC1. The van der Waals surface area contributed by atoms with Crippen LogP contribution in [0.5, 0.6) is 0 Å². The zero-order valence-electron chi connectivity index (χ0n) is 17.6. The molecule has 0 saturated carbocycles. The first-order chi connectivity index (χ1) is 15.0. The van der Waals surface area contributed by atoms with E-state index in [2.05, 4.69) is 27.0 Å². The number of piperazine rings is 1. The van der Waals surface area contributed by atoms with Gasteiger partial charge in [-0.05, 0) is 37.7 Å². The highest BCUT2D eigenvalue weighted by Crippen LogP contribution is 2.30. The Balaban J connectivity index is 1.69. The summed E-state index contributed by atoms with van der Waals surface area (Å²) in [4.78, 5) is 9.62. The van der Waals surface area contributed by atoms with Gasteiger partial charge in [0.25, 0.3) is 0 Å². The van der Waals surface area contributed by atoms with E-state index in [1.807, 2.05) is 31.2 Å². The van der Waals surface area contributed by atoms with Crippen molar-refractivity contribution in [2.75, 3.05) is 37.6 Å². The predicted molar refractivity (Wildman–Crippen MR) is 119 cm³/mol. The summed E-state index contributed by atoms with van der Waals surface area (Å²) in [6.07, 6.45) is 0. The third-order valence-corrected chi connectivity index (χ3v) is 7.57. The van der Waals surface area contributed by atoms with E-state index in [-0.39, 0.29) is 15.6 Å². The third kappa shape index (κ3) is 3.34.